The van der Waals surface area contributed by atoms with Gasteiger partial charge in [0.05, 0.1) is 7.11 Å². The number of halogens is 1. The highest BCUT2D eigenvalue weighted by Crippen LogP contribution is 2.21. The molecule has 1 saturated heterocycles. The van der Waals surface area contributed by atoms with E-state index in [-0.39, 0.29) is 17.8 Å². The summed E-state index contributed by atoms with van der Waals surface area (Å²) in [4.78, 5) is 13.6. The molecule has 0 N–H and O–H groups in total. The van der Waals surface area contributed by atoms with Gasteiger partial charge in [-0.05, 0) is 37.1 Å². The molecule has 0 saturated carbocycles. The summed E-state index contributed by atoms with van der Waals surface area (Å²) in [6.45, 7) is 1.45. The number of hydrogen-bond donors (Lipinski definition) is 0. The molecule has 17 heavy (non-hydrogen) atoms. The molecule has 1 unspecified atom stereocenters. The second-order valence-corrected chi connectivity index (χ2v) is 4.28. The molecule has 1 aromatic carbocycles. The van der Waals surface area contributed by atoms with E-state index in [0.717, 1.165) is 24.9 Å². The lowest BCUT2D eigenvalue weighted by molar-refractivity contribution is -0.146. The molecule has 0 amide bonds. The first-order chi connectivity index (χ1) is 8.20. The number of esters is 1. The van der Waals surface area contributed by atoms with Crippen LogP contribution in [0.25, 0.3) is 0 Å². The van der Waals surface area contributed by atoms with Gasteiger partial charge in [-0.15, -0.1) is 0 Å². The van der Waals surface area contributed by atoms with Gasteiger partial charge in [0.2, 0.25) is 0 Å². The number of hydrogen-bond acceptors (Lipinski definition) is 3. The van der Waals surface area contributed by atoms with E-state index in [2.05, 4.69) is 0 Å². The van der Waals surface area contributed by atoms with E-state index in [1.807, 2.05) is 11.0 Å². The minimum atomic E-state index is -0.240. The maximum Gasteiger partial charge on any atom is 0.323 e. The molecule has 3 nitrogen and oxygen atoms in total. The Morgan fingerprint density at radius 1 is 1.59 bits per heavy atom. The third-order valence-electron chi connectivity index (χ3n) is 3.11. The van der Waals surface area contributed by atoms with Crippen LogP contribution in [-0.2, 0) is 16.1 Å². The van der Waals surface area contributed by atoms with Gasteiger partial charge < -0.3 is 4.74 Å². The van der Waals surface area contributed by atoms with Crippen LogP contribution in [0.15, 0.2) is 24.3 Å². The molecule has 1 atom stereocenters. The van der Waals surface area contributed by atoms with Crippen molar-refractivity contribution < 1.29 is 13.9 Å². The molecule has 1 heterocycles. The zero-order valence-electron chi connectivity index (χ0n) is 9.86. The molecule has 92 valence electrons. The minimum Gasteiger partial charge on any atom is -0.468 e. The molecule has 0 spiro atoms. The van der Waals surface area contributed by atoms with Crippen molar-refractivity contribution in [2.75, 3.05) is 13.7 Å². The van der Waals surface area contributed by atoms with Crippen molar-refractivity contribution >= 4 is 5.97 Å². The van der Waals surface area contributed by atoms with Crippen LogP contribution in [0.5, 0.6) is 0 Å². The van der Waals surface area contributed by atoms with E-state index in [9.17, 15) is 9.18 Å². The highest BCUT2D eigenvalue weighted by atomic mass is 19.1. The summed E-state index contributed by atoms with van der Waals surface area (Å²) in [7, 11) is 1.40. The molecular weight excluding hydrogens is 221 g/mol. The zero-order valence-corrected chi connectivity index (χ0v) is 9.86. The summed E-state index contributed by atoms with van der Waals surface area (Å²) < 4.78 is 17.8. The van der Waals surface area contributed by atoms with Gasteiger partial charge in [-0.2, -0.15) is 0 Å². The smallest absolute Gasteiger partial charge is 0.323 e. The van der Waals surface area contributed by atoms with Gasteiger partial charge in [0, 0.05) is 6.54 Å². The fourth-order valence-electron chi connectivity index (χ4n) is 2.29. The first-order valence-corrected chi connectivity index (χ1v) is 5.77. The summed E-state index contributed by atoms with van der Waals surface area (Å²) >= 11 is 0. The molecule has 1 aliphatic heterocycles. The number of likely N-dealkylation sites (tertiary alicyclic amines) is 1. The first kappa shape index (κ1) is 12.0. The standard InChI is InChI=1S/C13H16FNO2/c1-17-13(16)12-6-3-7-15(12)9-10-4-2-5-11(14)8-10/h2,4-5,8,12H,3,6-7,9H2,1H3. The van der Waals surface area contributed by atoms with Crippen LogP contribution >= 0.6 is 0 Å². The number of rotatable bonds is 3. The van der Waals surface area contributed by atoms with E-state index < -0.39 is 0 Å². The highest BCUT2D eigenvalue weighted by Gasteiger charge is 2.31. The van der Waals surface area contributed by atoms with Crippen LogP contribution < -0.4 is 0 Å². The number of benzene rings is 1. The quantitative estimate of drug-likeness (QED) is 0.753. The van der Waals surface area contributed by atoms with Crippen molar-refractivity contribution in [3.8, 4) is 0 Å². The Bertz CT molecular complexity index is 408. The van der Waals surface area contributed by atoms with Crippen molar-refractivity contribution in [1.29, 1.82) is 0 Å². The van der Waals surface area contributed by atoms with Crippen molar-refractivity contribution in [2.45, 2.75) is 25.4 Å². The Labute approximate surface area is 100 Å². The van der Waals surface area contributed by atoms with Crippen molar-refractivity contribution in [3.63, 3.8) is 0 Å². The van der Waals surface area contributed by atoms with Crippen molar-refractivity contribution in [1.82, 2.24) is 4.90 Å². The topological polar surface area (TPSA) is 29.5 Å². The number of methoxy groups -OCH3 is 1. The molecule has 0 aromatic heterocycles. The lowest BCUT2D eigenvalue weighted by atomic mass is 10.2. The SMILES string of the molecule is COC(=O)C1CCCN1Cc1cccc(F)c1. The largest absolute Gasteiger partial charge is 0.468 e. The number of nitrogens with zero attached hydrogens (tertiary/aromatic N) is 1. The number of carbonyl (C=O) groups is 1. The summed E-state index contributed by atoms with van der Waals surface area (Å²) in [5, 5.41) is 0. The second kappa shape index (κ2) is 5.27. The summed E-state index contributed by atoms with van der Waals surface area (Å²) in [5.74, 6) is -0.435. The van der Waals surface area contributed by atoms with Gasteiger partial charge in [0.15, 0.2) is 0 Å². The maximum atomic E-state index is 13.1. The van der Waals surface area contributed by atoms with E-state index in [4.69, 9.17) is 4.74 Å². The molecule has 2 rings (SSSR count). The van der Waals surface area contributed by atoms with Gasteiger partial charge in [-0.25, -0.2) is 4.39 Å². The summed E-state index contributed by atoms with van der Waals surface area (Å²) in [5.41, 5.74) is 0.890. The average Bonchev–Trinajstić information content (AvgIpc) is 2.76. The Morgan fingerprint density at radius 3 is 3.12 bits per heavy atom. The van der Waals surface area contributed by atoms with Gasteiger partial charge in [0.25, 0.3) is 0 Å². The van der Waals surface area contributed by atoms with E-state index in [1.54, 1.807) is 6.07 Å². The van der Waals surface area contributed by atoms with E-state index in [0.29, 0.717) is 6.54 Å². The molecule has 1 aromatic rings. The van der Waals surface area contributed by atoms with Crippen LogP contribution in [0.4, 0.5) is 4.39 Å². The van der Waals surface area contributed by atoms with Gasteiger partial charge in [-0.1, -0.05) is 12.1 Å². The molecule has 1 aliphatic rings. The van der Waals surface area contributed by atoms with E-state index in [1.165, 1.54) is 19.2 Å². The van der Waals surface area contributed by atoms with Gasteiger partial charge in [0.1, 0.15) is 11.9 Å². The summed E-state index contributed by atoms with van der Waals surface area (Å²) in [6, 6.07) is 6.31. The fourth-order valence-corrected chi connectivity index (χ4v) is 2.29. The average molecular weight is 237 g/mol. The number of ether oxygens (including phenoxy) is 1. The predicted molar refractivity (Wildman–Crippen MR) is 61.8 cm³/mol. The molecule has 4 heteroatoms. The zero-order chi connectivity index (χ0) is 12.3. The Morgan fingerprint density at radius 2 is 2.41 bits per heavy atom. The Balaban J connectivity index is 2.05. The lowest BCUT2D eigenvalue weighted by Crippen LogP contribution is -2.36. The van der Waals surface area contributed by atoms with E-state index >= 15 is 0 Å². The predicted octanol–water partition coefficient (Wildman–Crippen LogP) is 1.96. The van der Waals surface area contributed by atoms with Crippen molar-refractivity contribution in [3.05, 3.63) is 35.6 Å². The number of carbonyl (C=O) groups excluding carboxylic acids is 1. The van der Waals surface area contributed by atoms with Crippen LogP contribution in [-0.4, -0.2) is 30.6 Å². The van der Waals surface area contributed by atoms with Gasteiger partial charge >= 0.3 is 5.97 Å². The molecular formula is C13H16FNO2. The van der Waals surface area contributed by atoms with Crippen LogP contribution in [0.1, 0.15) is 18.4 Å². The molecule has 0 aliphatic carbocycles. The first-order valence-electron chi connectivity index (χ1n) is 5.77. The molecule has 1 fully saturated rings. The van der Waals surface area contributed by atoms with Crippen molar-refractivity contribution in [2.24, 2.45) is 0 Å². The van der Waals surface area contributed by atoms with Gasteiger partial charge in [-0.3, -0.25) is 9.69 Å². The third-order valence-corrected chi connectivity index (χ3v) is 3.11. The highest BCUT2D eigenvalue weighted by molar-refractivity contribution is 5.75. The summed E-state index contributed by atoms with van der Waals surface area (Å²) in [6.07, 6.45) is 1.80. The minimum absolute atomic E-state index is 0.178. The fraction of sp³-hybridized carbons (Fsp3) is 0.462. The van der Waals surface area contributed by atoms with Crippen LogP contribution in [0, 0.1) is 5.82 Å². The third kappa shape index (κ3) is 2.82. The molecule has 0 bridgehead atoms. The van der Waals surface area contributed by atoms with Crippen LogP contribution in [0.3, 0.4) is 0 Å². The lowest BCUT2D eigenvalue weighted by Gasteiger charge is -2.22. The Hall–Kier alpha value is -1.42. The monoisotopic (exact) mass is 237 g/mol. The molecule has 0 radical (unpaired) electrons. The van der Waals surface area contributed by atoms with Crippen LogP contribution in [0.2, 0.25) is 0 Å². The maximum absolute atomic E-state index is 13.1. The normalized spacial score (nSPS) is 20.5. The second-order valence-electron chi connectivity index (χ2n) is 4.28. The Kier molecular flexibility index (Phi) is 3.74.